The van der Waals surface area contributed by atoms with E-state index in [0.29, 0.717) is 72.4 Å². The number of nitrogens with one attached hydrogen (secondary N) is 2. The van der Waals surface area contributed by atoms with Gasteiger partial charge in [-0.15, -0.1) is 0 Å². The first-order valence-corrected chi connectivity index (χ1v) is 16.9. The third-order valence-electron chi connectivity index (χ3n) is 9.05. The molecule has 3 aliphatic heterocycles. The van der Waals surface area contributed by atoms with Crippen molar-refractivity contribution in [1.82, 2.24) is 24.7 Å². The number of rotatable bonds is 9. The first-order valence-electron chi connectivity index (χ1n) is 16.9. The molecule has 0 radical (unpaired) electrons. The van der Waals surface area contributed by atoms with E-state index in [0.717, 1.165) is 19.4 Å². The van der Waals surface area contributed by atoms with Crippen LogP contribution in [-0.4, -0.2) is 121 Å². The zero-order valence-electron chi connectivity index (χ0n) is 29.2. The highest BCUT2D eigenvalue weighted by molar-refractivity contribution is 6.03. The van der Waals surface area contributed by atoms with Gasteiger partial charge in [0, 0.05) is 62.3 Å². The fourth-order valence-corrected chi connectivity index (χ4v) is 6.44. The van der Waals surface area contributed by atoms with E-state index in [2.05, 4.69) is 15.5 Å². The summed E-state index contributed by atoms with van der Waals surface area (Å²) in [6, 6.07) is 13.6. The third-order valence-corrected chi connectivity index (χ3v) is 9.05. The summed E-state index contributed by atoms with van der Waals surface area (Å²) in [6.45, 7) is 9.54. The van der Waals surface area contributed by atoms with Gasteiger partial charge in [-0.2, -0.15) is 4.98 Å². The normalized spacial score (nSPS) is 19.6. The Labute approximate surface area is 287 Å². The molecule has 3 aromatic rings. The minimum absolute atomic E-state index is 0.0814. The molecule has 2 bridgehead atoms. The van der Waals surface area contributed by atoms with E-state index in [1.807, 2.05) is 51.9 Å². The van der Waals surface area contributed by atoms with Gasteiger partial charge in [0.1, 0.15) is 11.2 Å². The average Bonchev–Trinajstić information content (AvgIpc) is 3.37. The highest BCUT2D eigenvalue weighted by atomic mass is 16.5. The van der Waals surface area contributed by atoms with Crippen LogP contribution >= 0.6 is 0 Å². The molecular weight excluding hydrogens is 624 g/mol. The number of aromatic nitrogens is 2. The molecule has 13 heteroatoms. The van der Waals surface area contributed by atoms with Gasteiger partial charge in [0.15, 0.2) is 0 Å². The first kappa shape index (κ1) is 34.1. The number of carbonyl (C=O) groups excluding carboxylic acids is 3. The van der Waals surface area contributed by atoms with E-state index >= 15 is 0 Å². The van der Waals surface area contributed by atoms with Crippen molar-refractivity contribution in [2.24, 2.45) is 0 Å². The minimum atomic E-state index is -0.650. The lowest BCUT2D eigenvalue weighted by Gasteiger charge is -2.33. The van der Waals surface area contributed by atoms with Crippen LogP contribution in [0.5, 0.6) is 5.88 Å². The van der Waals surface area contributed by atoms with Crippen molar-refractivity contribution in [2.75, 3.05) is 75.9 Å². The lowest BCUT2D eigenvalue weighted by atomic mass is 10.0. The zero-order valence-corrected chi connectivity index (χ0v) is 29.2. The first-order chi connectivity index (χ1) is 23.4. The van der Waals surface area contributed by atoms with Crippen LogP contribution in [0.2, 0.25) is 0 Å². The van der Waals surface area contributed by atoms with Crippen LogP contribution < -0.4 is 20.3 Å². The van der Waals surface area contributed by atoms with E-state index in [4.69, 9.17) is 19.4 Å². The summed E-state index contributed by atoms with van der Waals surface area (Å²) in [5.41, 5.74) is 2.52. The molecule has 2 unspecified atom stereocenters. The van der Waals surface area contributed by atoms with E-state index in [-0.39, 0.29) is 29.9 Å². The van der Waals surface area contributed by atoms with Crippen molar-refractivity contribution in [1.29, 1.82) is 0 Å². The van der Waals surface area contributed by atoms with Crippen LogP contribution in [0.3, 0.4) is 0 Å². The standard InChI is InChI=1S/C36H46N8O5/c1-7-43-22-36(2,3)49-31-29(33(43)46)30(39-34(40-31)44-20-27-16-17-28(21-44)48-27)23-8-12-25(13-9-23)37-35(47)38-26-14-10-24(11-15-26)32(45)42(6)19-18-41(4)5/h8-15,27-28H,7,16-22H2,1-6H3,(H2,37,38,47). The molecule has 4 amide bonds. The lowest BCUT2D eigenvalue weighted by Crippen LogP contribution is -2.43. The molecule has 49 heavy (non-hydrogen) atoms. The molecule has 4 heterocycles. The second-order valence-corrected chi connectivity index (χ2v) is 13.9. The Hall–Kier alpha value is -4.75. The molecule has 2 aromatic carbocycles. The molecular formula is C36H46N8O5. The number of ether oxygens (including phenoxy) is 2. The summed E-state index contributed by atoms with van der Waals surface area (Å²) >= 11 is 0. The Kier molecular flexibility index (Phi) is 9.75. The Balaban J connectivity index is 1.20. The monoisotopic (exact) mass is 670 g/mol. The molecule has 6 rings (SSSR count). The number of hydrogen-bond acceptors (Lipinski definition) is 9. The zero-order chi connectivity index (χ0) is 34.9. The Morgan fingerprint density at radius 1 is 0.918 bits per heavy atom. The number of amides is 4. The minimum Gasteiger partial charge on any atom is -0.469 e. The summed E-state index contributed by atoms with van der Waals surface area (Å²) in [7, 11) is 5.70. The Bertz CT molecular complexity index is 1680. The Morgan fingerprint density at radius 3 is 2.12 bits per heavy atom. The summed E-state index contributed by atoms with van der Waals surface area (Å²) in [5.74, 6) is 0.527. The van der Waals surface area contributed by atoms with Crippen LogP contribution in [-0.2, 0) is 4.74 Å². The maximum atomic E-state index is 13.9. The van der Waals surface area contributed by atoms with Gasteiger partial charge >= 0.3 is 6.03 Å². The quantitative estimate of drug-likeness (QED) is 0.340. The van der Waals surface area contributed by atoms with E-state index in [1.54, 1.807) is 53.2 Å². The molecule has 0 saturated carbocycles. The van der Waals surface area contributed by atoms with Crippen molar-refractivity contribution in [3.63, 3.8) is 0 Å². The summed E-state index contributed by atoms with van der Waals surface area (Å²) < 4.78 is 12.5. The molecule has 2 fully saturated rings. The topological polar surface area (TPSA) is 132 Å². The molecule has 3 aliphatic rings. The number of urea groups is 1. The lowest BCUT2D eigenvalue weighted by molar-refractivity contribution is 0.0297. The maximum absolute atomic E-state index is 13.9. The van der Waals surface area contributed by atoms with Crippen LogP contribution in [0.4, 0.5) is 22.1 Å². The van der Waals surface area contributed by atoms with Gasteiger partial charge in [-0.3, -0.25) is 9.59 Å². The number of likely N-dealkylation sites (N-methyl/N-ethyl adjacent to an activating group) is 3. The van der Waals surface area contributed by atoms with Crippen LogP contribution in [0.25, 0.3) is 11.3 Å². The second kappa shape index (κ2) is 14.0. The average molecular weight is 671 g/mol. The molecule has 260 valence electrons. The van der Waals surface area contributed by atoms with Crippen molar-refractivity contribution in [2.45, 2.75) is 51.4 Å². The van der Waals surface area contributed by atoms with Crippen LogP contribution in [0.15, 0.2) is 48.5 Å². The van der Waals surface area contributed by atoms with Gasteiger partial charge < -0.3 is 39.7 Å². The van der Waals surface area contributed by atoms with Gasteiger partial charge in [0.2, 0.25) is 11.8 Å². The van der Waals surface area contributed by atoms with E-state index < -0.39 is 11.6 Å². The van der Waals surface area contributed by atoms with Gasteiger partial charge in [-0.05, 0) is 84.1 Å². The van der Waals surface area contributed by atoms with E-state index in [9.17, 15) is 14.4 Å². The molecule has 2 N–H and O–H groups in total. The number of carbonyl (C=O) groups is 3. The smallest absolute Gasteiger partial charge is 0.323 e. The number of anilines is 3. The van der Waals surface area contributed by atoms with Crippen molar-refractivity contribution >= 4 is 35.2 Å². The van der Waals surface area contributed by atoms with E-state index in [1.165, 1.54) is 0 Å². The van der Waals surface area contributed by atoms with Crippen molar-refractivity contribution in [3.8, 4) is 17.1 Å². The molecule has 0 aliphatic carbocycles. The molecule has 13 nitrogen and oxygen atoms in total. The molecule has 2 atom stereocenters. The van der Waals surface area contributed by atoms with Crippen LogP contribution in [0, 0.1) is 0 Å². The Morgan fingerprint density at radius 2 is 1.53 bits per heavy atom. The predicted molar refractivity (Wildman–Crippen MR) is 188 cm³/mol. The second-order valence-electron chi connectivity index (χ2n) is 13.9. The number of benzene rings is 2. The summed E-state index contributed by atoms with van der Waals surface area (Å²) in [5, 5.41) is 5.67. The number of fused-ring (bicyclic) bond motifs is 3. The largest absolute Gasteiger partial charge is 0.469 e. The van der Waals surface area contributed by atoms with Gasteiger partial charge in [-0.1, -0.05) is 12.1 Å². The maximum Gasteiger partial charge on any atom is 0.323 e. The molecule has 0 spiro atoms. The fraction of sp³-hybridized carbons (Fsp3) is 0.472. The number of hydrogen-bond donors (Lipinski definition) is 2. The summed E-state index contributed by atoms with van der Waals surface area (Å²) in [6.07, 6.45) is 2.29. The van der Waals surface area contributed by atoms with Crippen molar-refractivity contribution in [3.05, 3.63) is 59.7 Å². The van der Waals surface area contributed by atoms with Crippen LogP contribution in [0.1, 0.15) is 54.3 Å². The predicted octanol–water partition coefficient (Wildman–Crippen LogP) is 4.42. The molecule has 1 aromatic heterocycles. The fourth-order valence-electron chi connectivity index (χ4n) is 6.44. The number of nitrogens with zero attached hydrogens (tertiary/aromatic N) is 6. The van der Waals surface area contributed by atoms with Gasteiger partial charge in [-0.25, -0.2) is 9.78 Å². The molecule has 2 saturated heterocycles. The van der Waals surface area contributed by atoms with Crippen molar-refractivity contribution < 1.29 is 23.9 Å². The number of morpholine rings is 1. The summed E-state index contributed by atoms with van der Waals surface area (Å²) in [4.78, 5) is 56.9. The van der Waals surface area contributed by atoms with Gasteiger partial charge in [0.05, 0.1) is 24.4 Å². The highest BCUT2D eigenvalue weighted by Crippen LogP contribution is 2.37. The SMILES string of the molecule is CCN1CC(C)(C)Oc2nc(N3CC4CCC(C3)O4)nc(-c3ccc(NC(=O)Nc4ccc(C(=O)N(C)CCN(C)C)cc4)cc3)c2C1=O. The third kappa shape index (κ3) is 7.78. The van der Waals surface area contributed by atoms with Gasteiger partial charge in [0.25, 0.3) is 11.8 Å². The highest BCUT2D eigenvalue weighted by Gasteiger charge is 2.39.